The van der Waals surface area contributed by atoms with Crippen LogP contribution in [0.5, 0.6) is 23.0 Å². The number of benzene rings is 8. The Bertz CT molecular complexity index is 2850. The van der Waals surface area contributed by atoms with E-state index in [9.17, 15) is 0 Å². The molecule has 1 aromatic heterocycles. The lowest BCUT2D eigenvalue weighted by molar-refractivity contribution is 0.359. The van der Waals surface area contributed by atoms with E-state index in [1.54, 1.807) is 0 Å². The molecule has 2 aliphatic rings. The van der Waals surface area contributed by atoms with Crippen LogP contribution in [0.4, 0.5) is 0 Å². The van der Waals surface area contributed by atoms with E-state index in [0.717, 1.165) is 33.4 Å². The van der Waals surface area contributed by atoms with Crippen molar-refractivity contribution in [3.63, 3.8) is 0 Å². The first-order valence-corrected chi connectivity index (χ1v) is 19.1. The van der Waals surface area contributed by atoms with Crippen LogP contribution in [0.3, 0.4) is 0 Å². The summed E-state index contributed by atoms with van der Waals surface area (Å²) in [6.07, 6.45) is 0. The highest BCUT2D eigenvalue weighted by Gasteiger charge is 2.47. The highest BCUT2D eigenvalue weighted by Crippen LogP contribution is 2.59. The summed E-state index contributed by atoms with van der Waals surface area (Å²) in [5, 5.41) is 0. The van der Waals surface area contributed by atoms with Crippen LogP contribution in [-0.2, 0) is 5.41 Å². The van der Waals surface area contributed by atoms with E-state index in [0.29, 0.717) is 40.5 Å². The molecule has 1 aliphatic heterocycles. The van der Waals surface area contributed by atoms with E-state index in [2.05, 4.69) is 121 Å². The highest BCUT2D eigenvalue weighted by molar-refractivity contribution is 5.88. The Kier molecular flexibility index (Phi) is 7.64. The Labute approximate surface area is 330 Å². The van der Waals surface area contributed by atoms with Crippen LogP contribution in [0.15, 0.2) is 200 Å². The smallest absolute Gasteiger partial charge is 0.170 e. The molecule has 9 aromatic rings. The van der Waals surface area contributed by atoms with Gasteiger partial charge in [0, 0.05) is 16.7 Å². The maximum absolute atomic E-state index is 6.75. The number of hydrogen-bond donors (Lipinski definition) is 0. The third-order valence-corrected chi connectivity index (χ3v) is 11.1. The predicted molar refractivity (Wildman–Crippen MR) is 225 cm³/mol. The highest BCUT2D eigenvalue weighted by atomic mass is 16.6. The van der Waals surface area contributed by atoms with E-state index in [4.69, 9.17) is 24.4 Å². The third kappa shape index (κ3) is 5.43. The molecular weight excluding hydrogens is 699 g/mol. The molecule has 11 rings (SSSR count). The van der Waals surface area contributed by atoms with Gasteiger partial charge in [0.1, 0.15) is 0 Å². The number of nitrogens with zero attached hydrogens (tertiary/aromatic N) is 3. The van der Waals surface area contributed by atoms with Crippen molar-refractivity contribution in [2.24, 2.45) is 0 Å². The van der Waals surface area contributed by atoms with Crippen molar-refractivity contribution < 1.29 is 9.47 Å². The monoisotopic (exact) mass is 731 g/mol. The van der Waals surface area contributed by atoms with Gasteiger partial charge in [-0.25, -0.2) is 15.0 Å². The molecule has 268 valence electrons. The Hall–Kier alpha value is -7.63. The summed E-state index contributed by atoms with van der Waals surface area (Å²) in [7, 11) is 0. The first-order valence-electron chi connectivity index (χ1n) is 19.1. The van der Waals surface area contributed by atoms with Crippen LogP contribution in [0.1, 0.15) is 22.3 Å². The summed E-state index contributed by atoms with van der Waals surface area (Å²) in [6, 6.07) is 69.1. The van der Waals surface area contributed by atoms with E-state index < -0.39 is 5.41 Å². The van der Waals surface area contributed by atoms with E-state index in [1.807, 2.05) is 78.9 Å². The van der Waals surface area contributed by atoms with Crippen molar-refractivity contribution in [3.8, 4) is 79.4 Å². The van der Waals surface area contributed by atoms with Gasteiger partial charge < -0.3 is 9.47 Å². The van der Waals surface area contributed by atoms with Crippen molar-refractivity contribution in [1.29, 1.82) is 0 Å². The molecule has 0 atom stereocenters. The van der Waals surface area contributed by atoms with Crippen LogP contribution in [-0.4, -0.2) is 15.0 Å². The van der Waals surface area contributed by atoms with Crippen molar-refractivity contribution in [1.82, 2.24) is 15.0 Å². The third-order valence-electron chi connectivity index (χ3n) is 11.1. The summed E-state index contributed by atoms with van der Waals surface area (Å²) < 4.78 is 13.5. The zero-order chi connectivity index (χ0) is 37.8. The van der Waals surface area contributed by atoms with E-state index in [1.165, 1.54) is 27.8 Å². The van der Waals surface area contributed by atoms with Gasteiger partial charge in [-0.2, -0.15) is 0 Å². The van der Waals surface area contributed by atoms with Crippen LogP contribution >= 0.6 is 0 Å². The molecule has 0 N–H and O–H groups in total. The van der Waals surface area contributed by atoms with Crippen molar-refractivity contribution in [3.05, 3.63) is 222 Å². The van der Waals surface area contributed by atoms with Gasteiger partial charge in [-0.05, 0) is 74.8 Å². The number of rotatable bonds is 6. The second-order valence-electron chi connectivity index (χ2n) is 14.4. The lowest BCUT2D eigenvalue weighted by atomic mass is 9.67. The molecule has 5 heteroatoms. The summed E-state index contributed by atoms with van der Waals surface area (Å²) in [6.45, 7) is 0. The maximum Gasteiger partial charge on any atom is 0.170 e. The fourth-order valence-corrected chi connectivity index (χ4v) is 8.47. The first kappa shape index (κ1) is 32.8. The molecule has 0 spiro atoms. The normalized spacial score (nSPS) is 13.0. The maximum atomic E-state index is 6.75. The zero-order valence-electron chi connectivity index (χ0n) is 30.7. The summed E-state index contributed by atoms with van der Waals surface area (Å²) in [5.41, 5.74) is 11.4. The molecule has 0 radical (unpaired) electrons. The van der Waals surface area contributed by atoms with Crippen LogP contribution in [0.25, 0.3) is 56.4 Å². The van der Waals surface area contributed by atoms with Crippen molar-refractivity contribution in [2.45, 2.75) is 5.41 Å². The zero-order valence-corrected chi connectivity index (χ0v) is 30.7. The molecule has 0 bridgehead atoms. The minimum Gasteiger partial charge on any atom is -0.450 e. The SMILES string of the molecule is c1ccc(-c2nc(-c3ccccc3)nc(-c3cccc(-c4ccc5c(c4)Oc4cc6c(cc4O5)C(c4ccccc4)(c4ccccc4)c4ccccc4-6)c3)n2)cc1. The summed E-state index contributed by atoms with van der Waals surface area (Å²) in [5.74, 6) is 4.56. The van der Waals surface area contributed by atoms with Gasteiger partial charge in [0.2, 0.25) is 0 Å². The summed E-state index contributed by atoms with van der Waals surface area (Å²) in [4.78, 5) is 14.8. The number of ether oxygens (including phenoxy) is 2. The van der Waals surface area contributed by atoms with E-state index >= 15 is 0 Å². The van der Waals surface area contributed by atoms with Crippen LogP contribution in [0, 0.1) is 0 Å². The Morgan fingerprint density at radius 3 is 1.42 bits per heavy atom. The fraction of sp³-hybridized carbons (Fsp3) is 0.0192. The van der Waals surface area contributed by atoms with Crippen LogP contribution in [0.2, 0.25) is 0 Å². The topological polar surface area (TPSA) is 57.1 Å². The van der Waals surface area contributed by atoms with Crippen molar-refractivity contribution in [2.75, 3.05) is 0 Å². The quantitative estimate of drug-likeness (QED) is 0.170. The fourth-order valence-electron chi connectivity index (χ4n) is 8.47. The number of aromatic nitrogens is 3. The lowest BCUT2D eigenvalue weighted by Crippen LogP contribution is -2.28. The second kappa shape index (κ2) is 13.3. The van der Waals surface area contributed by atoms with Gasteiger partial charge in [-0.15, -0.1) is 0 Å². The second-order valence-corrected chi connectivity index (χ2v) is 14.4. The number of hydrogen-bond acceptors (Lipinski definition) is 5. The average Bonchev–Trinajstić information content (AvgIpc) is 3.58. The van der Waals surface area contributed by atoms with Gasteiger partial charge in [0.05, 0.1) is 5.41 Å². The van der Waals surface area contributed by atoms with Gasteiger partial charge >= 0.3 is 0 Å². The molecule has 8 aromatic carbocycles. The average molecular weight is 732 g/mol. The molecule has 0 unspecified atom stereocenters. The van der Waals surface area contributed by atoms with Gasteiger partial charge in [-0.1, -0.05) is 170 Å². The molecule has 1 aliphatic carbocycles. The van der Waals surface area contributed by atoms with E-state index in [-0.39, 0.29) is 0 Å². The molecule has 2 heterocycles. The minimum absolute atomic E-state index is 0.524. The van der Waals surface area contributed by atoms with Crippen molar-refractivity contribution >= 4 is 0 Å². The molecule has 0 saturated carbocycles. The standard InChI is InChI=1S/C52H33N3O2/c1-5-16-34(17-6-1)49-53-50(35-18-7-2-8-19-35)55-51(54-49)38-21-15-20-36(30-38)37-28-29-45-46(31-37)57-47-32-42-41-26-13-14-27-43(41)52(39-22-9-3-10-23-39,40-24-11-4-12-25-40)44(42)33-48(47)56-45/h1-33H. The largest absolute Gasteiger partial charge is 0.450 e. The molecule has 5 nitrogen and oxygen atoms in total. The molecule has 0 amide bonds. The van der Waals surface area contributed by atoms with Gasteiger partial charge in [0.15, 0.2) is 40.5 Å². The first-order chi connectivity index (χ1) is 28.2. The predicted octanol–water partition coefficient (Wildman–Crippen LogP) is 12.8. The molecule has 57 heavy (non-hydrogen) atoms. The Morgan fingerprint density at radius 1 is 0.298 bits per heavy atom. The molecule has 0 fully saturated rings. The van der Waals surface area contributed by atoms with Gasteiger partial charge in [-0.3, -0.25) is 0 Å². The number of fused-ring (bicyclic) bond motifs is 5. The minimum atomic E-state index is -0.524. The van der Waals surface area contributed by atoms with Gasteiger partial charge in [0.25, 0.3) is 0 Å². The summed E-state index contributed by atoms with van der Waals surface area (Å²) >= 11 is 0. The van der Waals surface area contributed by atoms with Crippen LogP contribution < -0.4 is 9.47 Å². The lowest BCUT2D eigenvalue weighted by Gasteiger charge is -2.34. The molecular formula is C52H33N3O2. The Morgan fingerprint density at radius 2 is 0.772 bits per heavy atom. The molecule has 0 saturated heterocycles. The Balaban J connectivity index is 0.982.